The molecule has 6 heteroatoms. The zero-order valence-electron chi connectivity index (χ0n) is 17.4. The summed E-state index contributed by atoms with van der Waals surface area (Å²) in [5.74, 6) is 1.17. The van der Waals surface area contributed by atoms with Crippen LogP contribution in [0.4, 0.5) is 0 Å². The first-order chi connectivity index (χ1) is 13.1. The zero-order valence-corrected chi connectivity index (χ0v) is 18.1. The van der Waals surface area contributed by atoms with Gasteiger partial charge >= 0.3 is 0 Å². The molecule has 5 nitrogen and oxygen atoms in total. The van der Waals surface area contributed by atoms with E-state index in [1.165, 1.54) is 5.57 Å². The van der Waals surface area contributed by atoms with Gasteiger partial charge in [-0.2, -0.15) is 0 Å². The summed E-state index contributed by atoms with van der Waals surface area (Å²) >= 11 is 6.22. The molecule has 1 saturated carbocycles. The molecule has 1 aromatic carbocycles. The van der Waals surface area contributed by atoms with Crippen molar-refractivity contribution in [3.63, 3.8) is 0 Å². The lowest BCUT2D eigenvalue weighted by molar-refractivity contribution is -0.136. The summed E-state index contributed by atoms with van der Waals surface area (Å²) in [6.45, 7) is 12.8. The molecule has 1 fully saturated rings. The van der Waals surface area contributed by atoms with Crippen molar-refractivity contribution in [2.24, 2.45) is 17.3 Å². The second-order valence-corrected chi connectivity index (χ2v) is 9.02. The van der Waals surface area contributed by atoms with E-state index in [-0.39, 0.29) is 29.2 Å². The number of amides is 1. The lowest BCUT2D eigenvalue weighted by Crippen LogP contribution is -2.38. The summed E-state index contributed by atoms with van der Waals surface area (Å²) in [4.78, 5) is 15.1. The first kappa shape index (κ1) is 20.6. The number of aromatic nitrogens is 2. The first-order valence-electron chi connectivity index (χ1n) is 9.65. The summed E-state index contributed by atoms with van der Waals surface area (Å²) in [7, 11) is 0. The van der Waals surface area contributed by atoms with Crippen LogP contribution in [0.2, 0.25) is 5.02 Å². The van der Waals surface area contributed by atoms with E-state index in [1.54, 1.807) is 6.07 Å². The molecular weight excluding hydrogens is 374 g/mol. The molecule has 0 saturated heterocycles. The van der Waals surface area contributed by atoms with Crippen LogP contribution in [-0.4, -0.2) is 27.0 Å². The number of benzene rings is 1. The van der Waals surface area contributed by atoms with Crippen molar-refractivity contribution in [2.75, 3.05) is 0 Å². The Labute approximate surface area is 171 Å². The highest BCUT2D eigenvalue weighted by atomic mass is 35.5. The molecule has 2 aromatic rings. The SMILES string of the molecule is CC(C)=CC1C(C(=O)N(Cc2nnc(-c3ccccc3Cl)o2)C(C)C)C1(C)C. The Balaban J connectivity index is 1.79. The summed E-state index contributed by atoms with van der Waals surface area (Å²) < 4.78 is 5.81. The molecule has 1 amide bonds. The topological polar surface area (TPSA) is 59.2 Å². The predicted octanol–water partition coefficient (Wildman–Crippen LogP) is 5.37. The monoisotopic (exact) mass is 401 g/mol. The van der Waals surface area contributed by atoms with Crippen LogP contribution in [0.25, 0.3) is 11.5 Å². The Hall–Kier alpha value is -2.14. The van der Waals surface area contributed by atoms with Crippen LogP contribution in [0.1, 0.15) is 47.4 Å². The number of nitrogens with zero attached hydrogens (tertiary/aromatic N) is 3. The molecule has 1 aliphatic rings. The van der Waals surface area contributed by atoms with Crippen molar-refractivity contribution in [1.29, 1.82) is 0 Å². The molecule has 1 aliphatic carbocycles. The fourth-order valence-electron chi connectivity index (χ4n) is 3.72. The van der Waals surface area contributed by atoms with Crippen molar-refractivity contribution in [1.82, 2.24) is 15.1 Å². The normalized spacial score (nSPS) is 20.1. The van der Waals surface area contributed by atoms with Gasteiger partial charge in [0, 0.05) is 6.04 Å². The van der Waals surface area contributed by atoms with Gasteiger partial charge in [-0.25, -0.2) is 0 Å². The number of allylic oxidation sites excluding steroid dienone is 2. The Bertz CT molecular complexity index is 897. The number of rotatable bonds is 6. The van der Waals surface area contributed by atoms with Crippen LogP contribution < -0.4 is 0 Å². The molecule has 3 rings (SSSR count). The van der Waals surface area contributed by atoms with Gasteiger partial charge in [0.1, 0.15) is 0 Å². The van der Waals surface area contributed by atoms with Gasteiger partial charge < -0.3 is 9.32 Å². The Kier molecular flexibility index (Phi) is 5.67. The van der Waals surface area contributed by atoms with Gasteiger partial charge in [0.15, 0.2) is 0 Å². The Morgan fingerprint density at radius 3 is 2.57 bits per heavy atom. The Morgan fingerprint density at radius 2 is 1.96 bits per heavy atom. The van der Waals surface area contributed by atoms with E-state index >= 15 is 0 Å². The maximum atomic E-state index is 13.3. The first-order valence-corrected chi connectivity index (χ1v) is 10.0. The van der Waals surface area contributed by atoms with Gasteiger partial charge in [0.2, 0.25) is 17.7 Å². The highest BCUT2D eigenvalue weighted by Gasteiger charge is 2.61. The molecule has 150 valence electrons. The Morgan fingerprint density at radius 1 is 1.29 bits per heavy atom. The zero-order chi connectivity index (χ0) is 20.6. The molecule has 0 aliphatic heterocycles. The molecule has 1 heterocycles. The average molecular weight is 402 g/mol. The van der Waals surface area contributed by atoms with E-state index < -0.39 is 0 Å². The van der Waals surface area contributed by atoms with Crippen LogP contribution in [0.5, 0.6) is 0 Å². The molecule has 0 radical (unpaired) electrons. The number of halogens is 1. The third kappa shape index (κ3) is 4.00. The summed E-state index contributed by atoms with van der Waals surface area (Å²) in [6, 6.07) is 7.37. The van der Waals surface area contributed by atoms with E-state index in [9.17, 15) is 4.79 Å². The van der Waals surface area contributed by atoms with E-state index in [4.69, 9.17) is 16.0 Å². The molecule has 28 heavy (non-hydrogen) atoms. The van der Waals surface area contributed by atoms with Gasteiger partial charge in [-0.3, -0.25) is 4.79 Å². The molecule has 0 N–H and O–H groups in total. The summed E-state index contributed by atoms with van der Waals surface area (Å²) in [5.41, 5.74) is 1.90. The molecule has 0 bridgehead atoms. The quantitative estimate of drug-likeness (QED) is 0.611. The molecule has 2 unspecified atom stereocenters. The molecule has 2 atom stereocenters. The van der Waals surface area contributed by atoms with Gasteiger partial charge in [-0.15, -0.1) is 10.2 Å². The second kappa shape index (κ2) is 7.70. The predicted molar refractivity (Wildman–Crippen MR) is 111 cm³/mol. The lowest BCUT2D eigenvalue weighted by atomic mass is 10.1. The van der Waals surface area contributed by atoms with Crippen LogP contribution in [-0.2, 0) is 11.3 Å². The maximum Gasteiger partial charge on any atom is 0.249 e. The van der Waals surface area contributed by atoms with Crippen molar-refractivity contribution < 1.29 is 9.21 Å². The standard InChI is InChI=1S/C22H28ClN3O2/c1-13(2)11-16-19(22(16,5)6)21(27)26(14(3)4)12-18-24-25-20(28-18)15-9-7-8-10-17(15)23/h7-11,14,16,19H,12H2,1-6H3. The second-order valence-electron chi connectivity index (χ2n) is 8.61. The fraction of sp³-hybridized carbons (Fsp3) is 0.500. The number of hydrogen-bond donors (Lipinski definition) is 0. The molecule has 0 spiro atoms. The number of hydrogen-bond acceptors (Lipinski definition) is 4. The largest absolute Gasteiger partial charge is 0.419 e. The van der Waals surface area contributed by atoms with E-state index in [1.807, 2.05) is 36.9 Å². The number of carbonyl (C=O) groups is 1. The van der Waals surface area contributed by atoms with E-state index in [0.29, 0.717) is 28.9 Å². The van der Waals surface area contributed by atoms with E-state index in [2.05, 4.69) is 44.0 Å². The van der Waals surface area contributed by atoms with Crippen LogP contribution in [0, 0.1) is 17.3 Å². The van der Waals surface area contributed by atoms with Crippen LogP contribution in [0.15, 0.2) is 40.3 Å². The van der Waals surface area contributed by atoms with Crippen molar-refractivity contribution >= 4 is 17.5 Å². The van der Waals surface area contributed by atoms with Gasteiger partial charge in [0.25, 0.3) is 0 Å². The summed E-state index contributed by atoms with van der Waals surface area (Å²) in [6.07, 6.45) is 2.21. The van der Waals surface area contributed by atoms with Crippen LogP contribution >= 0.6 is 11.6 Å². The minimum Gasteiger partial charge on any atom is -0.419 e. The van der Waals surface area contributed by atoms with Crippen molar-refractivity contribution in [3.05, 3.63) is 46.8 Å². The highest BCUT2D eigenvalue weighted by Crippen LogP contribution is 2.60. The fourth-order valence-corrected chi connectivity index (χ4v) is 3.94. The minimum absolute atomic E-state index is 0.0178. The van der Waals surface area contributed by atoms with Crippen molar-refractivity contribution in [2.45, 2.75) is 54.1 Å². The average Bonchev–Trinajstić information content (AvgIpc) is 2.95. The van der Waals surface area contributed by atoms with Gasteiger partial charge in [0.05, 0.1) is 23.0 Å². The smallest absolute Gasteiger partial charge is 0.249 e. The van der Waals surface area contributed by atoms with E-state index in [0.717, 1.165) is 0 Å². The minimum atomic E-state index is -0.0287. The summed E-state index contributed by atoms with van der Waals surface area (Å²) in [5, 5.41) is 8.81. The highest BCUT2D eigenvalue weighted by molar-refractivity contribution is 6.33. The third-order valence-corrected chi connectivity index (χ3v) is 5.80. The molecule has 1 aromatic heterocycles. The van der Waals surface area contributed by atoms with Gasteiger partial charge in [-0.1, -0.05) is 49.2 Å². The maximum absolute atomic E-state index is 13.3. The number of carbonyl (C=O) groups excluding carboxylic acids is 1. The van der Waals surface area contributed by atoms with Crippen molar-refractivity contribution in [3.8, 4) is 11.5 Å². The van der Waals surface area contributed by atoms with Crippen LogP contribution in [0.3, 0.4) is 0 Å². The van der Waals surface area contributed by atoms with Gasteiger partial charge in [-0.05, 0) is 51.2 Å². The molecular formula is C22H28ClN3O2. The lowest BCUT2D eigenvalue weighted by Gasteiger charge is -2.26. The third-order valence-electron chi connectivity index (χ3n) is 5.47.